The minimum Gasteiger partial charge on any atom is -0.394 e. The summed E-state index contributed by atoms with van der Waals surface area (Å²) in [7, 11) is 0. The summed E-state index contributed by atoms with van der Waals surface area (Å²) in [6, 6.07) is 8.05. The van der Waals surface area contributed by atoms with Crippen LogP contribution in [0.3, 0.4) is 0 Å². The van der Waals surface area contributed by atoms with Gasteiger partial charge in [-0.2, -0.15) is 26.3 Å². The van der Waals surface area contributed by atoms with E-state index in [1.165, 1.54) is 4.90 Å². The number of amides is 1. The van der Waals surface area contributed by atoms with E-state index in [0.29, 0.717) is 63.7 Å². The minimum atomic E-state index is -5.06. The van der Waals surface area contributed by atoms with Crippen molar-refractivity contribution in [3.8, 4) is 0 Å². The summed E-state index contributed by atoms with van der Waals surface area (Å²) in [5.41, 5.74) is -1.23. The van der Waals surface area contributed by atoms with E-state index >= 15 is 0 Å². The highest BCUT2D eigenvalue weighted by atomic mass is 19.4. The van der Waals surface area contributed by atoms with Crippen LogP contribution in [0.4, 0.5) is 26.3 Å². The molecule has 5 rings (SSSR count). The highest BCUT2D eigenvalue weighted by Gasteiger charge is 2.39. The normalized spacial score (nSPS) is 19.3. The van der Waals surface area contributed by atoms with E-state index in [9.17, 15) is 31.1 Å². The van der Waals surface area contributed by atoms with Crippen molar-refractivity contribution in [3.05, 3.63) is 70.9 Å². The Morgan fingerprint density at radius 2 is 1.67 bits per heavy atom. The molecule has 0 bridgehead atoms. The first-order valence-electron chi connectivity index (χ1n) is 14.7. The number of hydrogen-bond acceptors (Lipinski definition) is 6. The topological polar surface area (TPSA) is 73.4 Å². The lowest BCUT2D eigenvalue weighted by molar-refractivity contribution is -0.143. The summed E-state index contributed by atoms with van der Waals surface area (Å²) >= 11 is 0. The number of H-pyrrole nitrogens is 1. The molecular formula is C31H35F6N5O3. The minimum absolute atomic E-state index is 0.0310. The molecule has 8 nitrogen and oxygen atoms in total. The molecule has 0 spiro atoms. The molecule has 0 unspecified atom stereocenters. The molecule has 0 radical (unpaired) electrons. The van der Waals surface area contributed by atoms with Crippen LogP contribution in [0.1, 0.15) is 34.0 Å². The molecule has 2 aliphatic heterocycles. The van der Waals surface area contributed by atoms with E-state index in [4.69, 9.17) is 9.57 Å². The molecule has 1 atom stereocenters. The van der Waals surface area contributed by atoms with Crippen molar-refractivity contribution in [1.29, 1.82) is 0 Å². The summed E-state index contributed by atoms with van der Waals surface area (Å²) in [5.74, 6) is -0.882. The smallest absolute Gasteiger partial charge is 0.394 e. The number of benzene rings is 2. The number of carbonyl (C=O) groups excluding carboxylic acids is 1. The zero-order valence-electron chi connectivity index (χ0n) is 24.8. The predicted octanol–water partition coefficient (Wildman–Crippen LogP) is 5.30. The number of oxime groups is 1. The molecule has 3 heterocycles. The van der Waals surface area contributed by atoms with Crippen molar-refractivity contribution in [3.63, 3.8) is 0 Å². The van der Waals surface area contributed by atoms with E-state index < -0.39 is 41.0 Å². The van der Waals surface area contributed by atoms with Crippen LogP contribution in [-0.4, -0.2) is 103 Å². The van der Waals surface area contributed by atoms with Gasteiger partial charge in [-0.25, -0.2) is 0 Å². The third-order valence-electron chi connectivity index (χ3n) is 8.07. The highest BCUT2D eigenvalue weighted by molar-refractivity contribution is 5.95. The van der Waals surface area contributed by atoms with Crippen molar-refractivity contribution in [2.45, 2.75) is 31.7 Å². The maximum absolute atomic E-state index is 13.7. The standard InChI is InChI=1S/C31H35F6N5O3/c1-21(39-45-13-10-40-8-11-44-12-9-40)19-41-6-7-42(26(20-41)16-23-18-38-28-5-3-2-4-27(23)28)29(43)22-14-24(30(32,33)34)17-25(15-22)31(35,36)37/h2-5,14-15,17-18,26,38H,6-13,16,19-20H2,1H3/t26-/m1/s1. The van der Waals surface area contributed by atoms with Gasteiger partial charge in [0.05, 0.1) is 30.1 Å². The van der Waals surface area contributed by atoms with Crippen LogP contribution in [0.15, 0.2) is 53.8 Å². The number of aromatic nitrogens is 1. The molecule has 14 heteroatoms. The van der Waals surface area contributed by atoms with E-state index in [0.717, 1.165) is 36.1 Å². The lowest BCUT2D eigenvalue weighted by Gasteiger charge is -2.41. The Hall–Kier alpha value is -3.62. The second-order valence-corrected chi connectivity index (χ2v) is 11.4. The first-order chi connectivity index (χ1) is 21.4. The largest absolute Gasteiger partial charge is 0.416 e. The van der Waals surface area contributed by atoms with Gasteiger partial charge < -0.3 is 19.5 Å². The van der Waals surface area contributed by atoms with Crippen LogP contribution in [0.5, 0.6) is 0 Å². The number of rotatable bonds is 9. The number of alkyl halides is 6. The molecule has 2 aromatic carbocycles. The van der Waals surface area contributed by atoms with Gasteiger partial charge in [-0.15, -0.1) is 0 Å². The van der Waals surface area contributed by atoms with Crippen LogP contribution >= 0.6 is 0 Å². The van der Waals surface area contributed by atoms with Crippen molar-refractivity contribution in [2.75, 3.05) is 65.6 Å². The van der Waals surface area contributed by atoms with E-state index in [-0.39, 0.29) is 12.6 Å². The summed E-state index contributed by atoms with van der Waals surface area (Å²) < 4.78 is 86.7. The van der Waals surface area contributed by atoms with E-state index in [2.05, 4.69) is 19.9 Å². The Kier molecular flexibility index (Phi) is 10.0. The molecule has 2 saturated heterocycles. The molecule has 0 aliphatic carbocycles. The average Bonchev–Trinajstić information content (AvgIpc) is 3.41. The Labute approximate surface area is 256 Å². The molecular weight excluding hydrogens is 604 g/mol. The van der Waals surface area contributed by atoms with Gasteiger partial charge in [0.2, 0.25) is 0 Å². The van der Waals surface area contributed by atoms with Crippen LogP contribution < -0.4 is 0 Å². The summed E-state index contributed by atoms with van der Waals surface area (Å²) in [6.45, 7) is 7.22. The Morgan fingerprint density at radius 1 is 0.978 bits per heavy atom. The third kappa shape index (κ3) is 8.35. The Morgan fingerprint density at radius 3 is 2.36 bits per heavy atom. The molecule has 244 valence electrons. The van der Waals surface area contributed by atoms with Gasteiger partial charge in [0.25, 0.3) is 5.91 Å². The number of fused-ring (bicyclic) bond motifs is 1. The fourth-order valence-corrected chi connectivity index (χ4v) is 5.81. The molecule has 45 heavy (non-hydrogen) atoms. The van der Waals surface area contributed by atoms with E-state index in [1.54, 1.807) is 0 Å². The Balaban J connectivity index is 1.34. The fourth-order valence-electron chi connectivity index (χ4n) is 5.81. The lowest BCUT2D eigenvalue weighted by Crippen LogP contribution is -2.56. The number of carbonyl (C=O) groups is 1. The summed E-state index contributed by atoms with van der Waals surface area (Å²) in [6.07, 6.45) is -7.96. The first kappa shape index (κ1) is 32.8. The van der Waals surface area contributed by atoms with Crippen LogP contribution in [0.25, 0.3) is 10.9 Å². The van der Waals surface area contributed by atoms with Gasteiger partial charge in [-0.3, -0.25) is 14.6 Å². The lowest BCUT2D eigenvalue weighted by atomic mass is 9.98. The number of piperazine rings is 1. The number of aromatic amines is 1. The second kappa shape index (κ2) is 13.8. The SMILES string of the molecule is CC(CN1CCN(C(=O)c2cc(C(F)(F)F)cc(C(F)(F)F)c2)[C@H](Cc2c[nH]c3ccccc23)C1)=NOCCN1CCOCC1. The molecule has 3 aromatic rings. The van der Waals surface area contributed by atoms with Gasteiger partial charge in [-0.1, -0.05) is 23.4 Å². The quantitative estimate of drug-likeness (QED) is 0.149. The average molecular weight is 640 g/mol. The number of halogens is 6. The summed E-state index contributed by atoms with van der Waals surface area (Å²) in [4.78, 5) is 28.1. The van der Waals surface area contributed by atoms with Crippen molar-refractivity contribution < 1.29 is 40.7 Å². The number of hydrogen-bond donors (Lipinski definition) is 1. The number of nitrogens with zero attached hydrogens (tertiary/aromatic N) is 4. The van der Waals surface area contributed by atoms with E-state index in [1.807, 2.05) is 37.4 Å². The van der Waals surface area contributed by atoms with Crippen molar-refractivity contribution in [1.82, 2.24) is 19.7 Å². The molecule has 0 saturated carbocycles. The van der Waals surface area contributed by atoms with Gasteiger partial charge >= 0.3 is 12.4 Å². The van der Waals surface area contributed by atoms with Gasteiger partial charge in [0, 0.05) is 74.5 Å². The highest BCUT2D eigenvalue weighted by Crippen LogP contribution is 2.37. The molecule has 2 fully saturated rings. The molecule has 1 aromatic heterocycles. The predicted molar refractivity (Wildman–Crippen MR) is 156 cm³/mol. The molecule has 2 aliphatic rings. The van der Waals surface area contributed by atoms with Gasteiger partial charge in [0.15, 0.2) is 0 Å². The molecule has 1 amide bonds. The van der Waals surface area contributed by atoms with Crippen LogP contribution in [0.2, 0.25) is 0 Å². The number of nitrogens with one attached hydrogen (secondary N) is 1. The van der Waals surface area contributed by atoms with Crippen LogP contribution in [-0.2, 0) is 28.3 Å². The fraction of sp³-hybridized carbons (Fsp3) is 0.484. The number of ether oxygens (including phenoxy) is 1. The second-order valence-electron chi connectivity index (χ2n) is 11.4. The maximum atomic E-state index is 13.7. The monoisotopic (exact) mass is 639 g/mol. The third-order valence-corrected chi connectivity index (χ3v) is 8.07. The zero-order chi connectivity index (χ0) is 32.2. The summed E-state index contributed by atoms with van der Waals surface area (Å²) in [5, 5.41) is 5.15. The zero-order valence-corrected chi connectivity index (χ0v) is 24.8. The number of para-hydroxylation sites is 1. The van der Waals surface area contributed by atoms with Crippen molar-refractivity contribution >= 4 is 22.5 Å². The van der Waals surface area contributed by atoms with Gasteiger partial charge in [-0.05, 0) is 43.2 Å². The number of morpholine rings is 1. The van der Waals surface area contributed by atoms with Crippen LogP contribution in [0, 0.1) is 0 Å². The maximum Gasteiger partial charge on any atom is 0.416 e. The molecule has 1 N–H and O–H groups in total. The van der Waals surface area contributed by atoms with Gasteiger partial charge in [0.1, 0.15) is 6.61 Å². The Bertz CT molecular complexity index is 1470. The first-order valence-corrected chi connectivity index (χ1v) is 14.7. The van der Waals surface area contributed by atoms with Crippen molar-refractivity contribution in [2.24, 2.45) is 5.16 Å².